The molecule has 1 aromatic carbocycles. The Morgan fingerprint density at radius 1 is 1.47 bits per heavy atom. The molecule has 0 spiro atoms. The molecule has 0 radical (unpaired) electrons. The molecule has 102 valence electrons. The van der Waals surface area contributed by atoms with Crippen LogP contribution in [-0.4, -0.2) is 16.7 Å². The number of ether oxygens (including phenoxy) is 1. The molecule has 0 fully saturated rings. The topological polar surface area (TPSA) is 53.1 Å². The molecular formula is C14H18ClN3O. The van der Waals surface area contributed by atoms with Crippen LogP contribution >= 0.6 is 11.6 Å². The van der Waals surface area contributed by atoms with E-state index < -0.39 is 0 Å². The highest BCUT2D eigenvalue weighted by Crippen LogP contribution is 2.30. The lowest BCUT2D eigenvalue weighted by Gasteiger charge is -2.17. The lowest BCUT2D eigenvalue weighted by Crippen LogP contribution is -2.18. The van der Waals surface area contributed by atoms with Crippen LogP contribution in [0, 0.1) is 0 Å². The number of nitrogens with zero attached hydrogens (tertiary/aromatic N) is 2. The van der Waals surface area contributed by atoms with E-state index in [0.29, 0.717) is 10.8 Å². The summed E-state index contributed by atoms with van der Waals surface area (Å²) in [4.78, 5) is 4.36. The second-order valence-electron chi connectivity index (χ2n) is 4.34. The van der Waals surface area contributed by atoms with Crippen LogP contribution in [-0.2, 0) is 6.54 Å². The summed E-state index contributed by atoms with van der Waals surface area (Å²) in [6.07, 6.45) is 4.75. The van der Waals surface area contributed by atoms with Crippen LogP contribution in [0.1, 0.15) is 30.8 Å². The van der Waals surface area contributed by atoms with Crippen molar-refractivity contribution in [3.8, 4) is 5.75 Å². The molecule has 1 atom stereocenters. The van der Waals surface area contributed by atoms with Crippen LogP contribution in [0.3, 0.4) is 0 Å². The Morgan fingerprint density at radius 3 is 2.95 bits per heavy atom. The molecule has 0 saturated carbocycles. The standard InChI is InChI=1S/C14H18ClN3O/c1-3-7-18-8-6-17-14(18)13(16)11-5-4-10(15)9-12(11)19-2/h4-6,8-9,13H,3,7,16H2,1-2H3. The summed E-state index contributed by atoms with van der Waals surface area (Å²) >= 11 is 5.96. The summed E-state index contributed by atoms with van der Waals surface area (Å²) in [6.45, 7) is 3.02. The van der Waals surface area contributed by atoms with Crippen molar-refractivity contribution in [2.45, 2.75) is 25.9 Å². The third kappa shape index (κ3) is 2.91. The Kier molecular flexibility index (Phi) is 4.45. The number of hydrogen-bond donors (Lipinski definition) is 1. The van der Waals surface area contributed by atoms with Crippen LogP contribution in [0.15, 0.2) is 30.6 Å². The van der Waals surface area contributed by atoms with Gasteiger partial charge in [0.15, 0.2) is 0 Å². The summed E-state index contributed by atoms with van der Waals surface area (Å²) < 4.78 is 7.41. The van der Waals surface area contributed by atoms with E-state index in [2.05, 4.69) is 16.5 Å². The Hall–Kier alpha value is -1.52. The fourth-order valence-electron chi connectivity index (χ4n) is 2.11. The molecule has 0 aliphatic rings. The maximum Gasteiger partial charge on any atom is 0.130 e. The van der Waals surface area contributed by atoms with Crippen molar-refractivity contribution in [1.29, 1.82) is 0 Å². The molecule has 1 unspecified atom stereocenters. The SMILES string of the molecule is CCCn1ccnc1C(N)c1ccc(Cl)cc1OC. The summed E-state index contributed by atoms with van der Waals surface area (Å²) in [5, 5.41) is 0.629. The molecule has 19 heavy (non-hydrogen) atoms. The van der Waals surface area contributed by atoms with Crippen LogP contribution < -0.4 is 10.5 Å². The van der Waals surface area contributed by atoms with Gasteiger partial charge in [0.1, 0.15) is 11.6 Å². The minimum Gasteiger partial charge on any atom is -0.496 e. The smallest absolute Gasteiger partial charge is 0.130 e. The zero-order chi connectivity index (χ0) is 13.8. The fourth-order valence-corrected chi connectivity index (χ4v) is 2.27. The number of rotatable bonds is 5. The summed E-state index contributed by atoms with van der Waals surface area (Å²) in [5.74, 6) is 1.52. The number of aromatic nitrogens is 2. The van der Waals surface area contributed by atoms with Gasteiger partial charge in [0, 0.05) is 29.5 Å². The highest BCUT2D eigenvalue weighted by Gasteiger charge is 2.18. The van der Waals surface area contributed by atoms with E-state index in [1.807, 2.05) is 18.3 Å². The molecule has 0 aliphatic carbocycles. The first-order chi connectivity index (χ1) is 9.17. The molecule has 2 N–H and O–H groups in total. The van der Waals surface area contributed by atoms with Crippen molar-refractivity contribution in [1.82, 2.24) is 9.55 Å². The molecule has 2 aromatic rings. The second kappa shape index (κ2) is 6.08. The van der Waals surface area contributed by atoms with Gasteiger partial charge >= 0.3 is 0 Å². The maximum atomic E-state index is 6.31. The van der Waals surface area contributed by atoms with Gasteiger partial charge in [-0.05, 0) is 18.6 Å². The zero-order valence-corrected chi connectivity index (χ0v) is 11.9. The number of imidazole rings is 1. The van der Waals surface area contributed by atoms with Crippen molar-refractivity contribution >= 4 is 11.6 Å². The summed E-state index contributed by atoms with van der Waals surface area (Å²) in [5.41, 5.74) is 7.20. The molecular weight excluding hydrogens is 262 g/mol. The van der Waals surface area contributed by atoms with Crippen molar-refractivity contribution in [2.75, 3.05) is 7.11 Å². The van der Waals surface area contributed by atoms with E-state index in [4.69, 9.17) is 22.1 Å². The van der Waals surface area contributed by atoms with E-state index in [-0.39, 0.29) is 6.04 Å². The molecule has 0 saturated heterocycles. The van der Waals surface area contributed by atoms with Crippen LogP contribution in [0.4, 0.5) is 0 Å². The quantitative estimate of drug-likeness (QED) is 0.915. The molecule has 0 amide bonds. The number of nitrogens with two attached hydrogens (primary N) is 1. The highest BCUT2D eigenvalue weighted by atomic mass is 35.5. The van der Waals surface area contributed by atoms with E-state index in [9.17, 15) is 0 Å². The van der Waals surface area contributed by atoms with Crippen LogP contribution in [0.5, 0.6) is 5.75 Å². The number of benzene rings is 1. The molecule has 4 nitrogen and oxygen atoms in total. The normalized spacial score (nSPS) is 12.4. The second-order valence-corrected chi connectivity index (χ2v) is 4.78. The Morgan fingerprint density at radius 2 is 2.26 bits per heavy atom. The van der Waals surface area contributed by atoms with Gasteiger partial charge < -0.3 is 15.0 Å². The van der Waals surface area contributed by atoms with E-state index in [0.717, 1.165) is 24.4 Å². The van der Waals surface area contributed by atoms with E-state index in [1.165, 1.54) is 0 Å². The first kappa shape index (κ1) is 13.9. The highest BCUT2D eigenvalue weighted by molar-refractivity contribution is 6.30. The van der Waals surface area contributed by atoms with Gasteiger partial charge in [-0.1, -0.05) is 24.6 Å². The molecule has 0 bridgehead atoms. The summed E-state index contributed by atoms with van der Waals surface area (Å²) in [6, 6.07) is 5.14. The predicted molar refractivity (Wildman–Crippen MR) is 76.6 cm³/mol. The van der Waals surface area contributed by atoms with Gasteiger partial charge in [-0.25, -0.2) is 4.98 Å². The molecule has 0 aliphatic heterocycles. The van der Waals surface area contributed by atoms with Gasteiger partial charge in [0.25, 0.3) is 0 Å². The minimum atomic E-state index is -0.325. The third-order valence-corrected chi connectivity index (χ3v) is 3.26. The molecule has 5 heteroatoms. The lowest BCUT2D eigenvalue weighted by atomic mass is 10.1. The van der Waals surface area contributed by atoms with Crippen molar-refractivity contribution in [3.63, 3.8) is 0 Å². The third-order valence-electron chi connectivity index (χ3n) is 3.02. The fraction of sp³-hybridized carbons (Fsp3) is 0.357. The van der Waals surface area contributed by atoms with Gasteiger partial charge in [0.05, 0.1) is 13.2 Å². The van der Waals surface area contributed by atoms with E-state index in [1.54, 1.807) is 19.4 Å². The van der Waals surface area contributed by atoms with Gasteiger partial charge in [-0.2, -0.15) is 0 Å². The monoisotopic (exact) mass is 279 g/mol. The average molecular weight is 280 g/mol. The minimum absolute atomic E-state index is 0.325. The van der Waals surface area contributed by atoms with Crippen LogP contribution in [0.2, 0.25) is 5.02 Å². The van der Waals surface area contributed by atoms with Gasteiger partial charge in [-0.3, -0.25) is 0 Å². The van der Waals surface area contributed by atoms with Crippen molar-refractivity contribution < 1.29 is 4.74 Å². The maximum absolute atomic E-state index is 6.31. The van der Waals surface area contributed by atoms with Crippen LogP contribution in [0.25, 0.3) is 0 Å². The van der Waals surface area contributed by atoms with E-state index >= 15 is 0 Å². The average Bonchev–Trinajstić information content (AvgIpc) is 2.86. The largest absolute Gasteiger partial charge is 0.496 e. The summed E-state index contributed by atoms with van der Waals surface area (Å²) in [7, 11) is 1.61. The predicted octanol–water partition coefficient (Wildman–Crippen LogP) is 3.00. The van der Waals surface area contributed by atoms with Crippen molar-refractivity contribution in [3.05, 3.63) is 47.0 Å². The molecule has 2 rings (SSSR count). The number of hydrogen-bond acceptors (Lipinski definition) is 3. The molecule has 1 heterocycles. The Labute approximate surface area is 118 Å². The van der Waals surface area contributed by atoms with Gasteiger partial charge in [0.2, 0.25) is 0 Å². The lowest BCUT2D eigenvalue weighted by molar-refractivity contribution is 0.406. The first-order valence-corrected chi connectivity index (χ1v) is 6.65. The van der Waals surface area contributed by atoms with Crippen molar-refractivity contribution in [2.24, 2.45) is 5.73 Å². The number of aryl methyl sites for hydroxylation is 1. The Balaban J connectivity index is 2.38. The first-order valence-electron chi connectivity index (χ1n) is 6.27. The number of methoxy groups -OCH3 is 1. The van der Waals surface area contributed by atoms with Gasteiger partial charge in [-0.15, -0.1) is 0 Å². The Bertz CT molecular complexity index is 553. The zero-order valence-electron chi connectivity index (χ0n) is 11.1. The number of halogens is 1. The molecule has 1 aromatic heterocycles.